The highest BCUT2D eigenvalue weighted by molar-refractivity contribution is 6.05. The summed E-state index contributed by atoms with van der Waals surface area (Å²) in [6, 6.07) is 8.47. The van der Waals surface area contributed by atoms with Crippen LogP contribution in [0.4, 0.5) is 0 Å². The second kappa shape index (κ2) is 4.84. The van der Waals surface area contributed by atoms with E-state index in [0.29, 0.717) is 5.56 Å². The van der Waals surface area contributed by atoms with Crippen LogP contribution in [0, 0.1) is 5.92 Å². The number of carbonyl (C=O) groups excluding carboxylic acids is 3. The molecule has 1 saturated heterocycles. The summed E-state index contributed by atoms with van der Waals surface area (Å²) in [5.41, 5.74) is 0.452. The number of hydrogen-bond donors (Lipinski definition) is 0. The fourth-order valence-corrected chi connectivity index (χ4v) is 1.84. The third kappa shape index (κ3) is 2.99. The standard InChI is InChI=1S/C14H14O5/c1-14(2)18-12(16)10(13(17)19-14)8-11(15)9-6-4-3-5-7-9/h3-7,10H,8H2,1-2H3. The number of rotatable bonds is 3. The van der Waals surface area contributed by atoms with Gasteiger partial charge in [-0.3, -0.25) is 14.4 Å². The Morgan fingerprint density at radius 2 is 1.63 bits per heavy atom. The Hall–Kier alpha value is -2.17. The largest absolute Gasteiger partial charge is 0.422 e. The number of cyclic esters (lactones) is 2. The molecule has 1 fully saturated rings. The van der Waals surface area contributed by atoms with Crippen molar-refractivity contribution in [3.05, 3.63) is 35.9 Å². The Balaban J connectivity index is 2.10. The van der Waals surface area contributed by atoms with Gasteiger partial charge in [-0.15, -0.1) is 0 Å². The average molecular weight is 262 g/mol. The number of Topliss-reactive ketones (excluding diaryl/α,β-unsaturated/α-hetero) is 1. The summed E-state index contributed by atoms with van der Waals surface area (Å²) < 4.78 is 9.92. The molecular formula is C14H14O5. The first-order valence-electron chi connectivity index (χ1n) is 5.93. The summed E-state index contributed by atoms with van der Waals surface area (Å²) in [4.78, 5) is 35.4. The molecule has 0 N–H and O–H groups in total. The quantitative estimate of drug-likeness (QED) is 0.471. The number of esters is 2. The van der Waals surface area contributed by atoms with Crippen LogP contribution in [0.25, 0.3) is 0 Å². The van der Waals surface area contributed by atoms with Crippen molar-refractivity contribution < 1.29 is 23.9 Å². The average Bonchev–Trinajstić information content (AvgIpc) is 2.33. The van der Waals surface area contributed by atoms with Gasteiger partial charge in [0.15, 0.2) is 11.7 Å². The molecule has 19 heavy (non-hydrogen) atoms. The zero-order valence-corrected chi connectivity index (χ0v) is 10.7. The SMILES string of the molecule is CC1(C)OC(=O)C(CC(=O)c2ccccc2)C(=O)O1. The van der Waals surface area contributed by atoms with Crippen LogP contribution in [-0.2, 0) is 19.1 Å². The number of hydrogen-bond acceptors (Lipinski definition) is 5. The molecule has 5 heteroatoms. The van der Waals surface area contributed by atoms with Crippen LogP contribution in [0.1, 0.15) is 30.6 Å². The lowest BCUT2D eigenvalue weighted by Gasteiger charge is -2.32. The van der Waals surface area contributed by atoms with Gasteiger partial charge in [-0.05, 0) is 0 Å². The topological polar surface area (TPSA) is 69.7 Å². The van der Waals surface area contributed by atoms with Crippen LogP contribution >= 0.6 is 0 Å². The van der Waals surface area contributed by atoms with Gasteiger partial charge in [0, 0.05) is 25.8 Å². The maximum absolute atomic E-state index is 11.9. The van der Waals surface area contributed by atoms with Gasteiger partial charge in [0.1, 0.15) is 0 Å². The molecule has 1 aliphatic rings. The predicted molar refractivity (Wildman–Crippen MR) is 65.1 cm³/mol. The van der Waals surface area contributed by atoms with Crippen molar-refractivity contribution in [2.75, 3.05) is 0 Å². The monoisotopic (exact) mass is 262 g/mol. The highest BCUT2D eigenvalue weighted by Crippen LogP contribution is 2.25. The van der Waals surface area contributed by atoms with Gasteiger partial charge in [-0.25, -0.2) is 0 Å². The molecule has 0 unspecified atom stereocenters. The first-order chi connectivity index (χ1) is 8.89. The molecule has 5 nitrogen and oxygen atoms in total. The summed E-state index contributed by atoms with van der Waals surface area (Å²) in [5, 5.41) is 0. The smallest absolute Gasteiger partial charge is 0.324 e. The lowest BCUT2D eigenvalue weighted by atomic mass is 9.97. The summed E-state index contributed by atoms with van der Waals surface area (Å²) in [6.45, 7) is 2.94. The predicted octanol–water partition coefficient (Wildman–Crippen LogP) is 1.71. The number of benzene rings is 1. The van der Waals surface area contributed by atoms with E-state index in [-0.39, 0.29) is 12.2 Å². The first-order valence-corrected chi connectivity index (χ1v) is 5.93. The summed E-state index contributed by atoms with van der Waals surface area (Å²) >= 11 is 0. The molecule has 0 amide bonds. The van der Waals surface area contributed by atoms with Crippen LogP contribution in [0.5, 0.6) is 0 Å². The molecule has 0 saturated carbocycles. The third-order valence-electron chi connectivity index (χ3n) is 2.75. The van der Waals surface area contributed by atoms with E-state index in [9.17, 15) is 14.4 Å². The van der Waals surface area contributed by atoms with Crippen LogP contribution < -0.4 is 0 Å². The highest BCUT2D eigenvalue weighted by atomic mass is 16.7. The van der Waals surface area contributed by atoms with Crippen LogP contribution in [0.15, 0.2) is 30.3 Å². The van der Waals surface area contributed by atoms with E-state index in [0.717, 1.165) is 0 Å². The lowest BCUT2D eigenvalue weighted by molar-refractivity contribution is -0.239. The molecule has 0 aliphatic carbocycles. The summed E-state index contributed by atoms with van der Waals surface area (Å²) in [7, 11) is 0. The molecule has 0 bridgehead atoms. The Morgan fingerprint density at radius 1 is 1.11 bits per heavy atom. The summed E-state index contributed by atoms with van der Waals surface area (Å²) in [5.74, 6) is -4.17. The van der Waals surface area contributed by atoms with Crippen molar-refractivity contribution in [3.8, 4) is 0 Å². The minimum Gasteiger partial charge on any atom is -0.422 e. The maximum atomic E-state index is 11.9. The van der Waals surface area contributed by atoms with Crippen molar-refractivity contribution in [3.63, 3.8) is 0 Å². The van der Waals surface area contributed by atoms with Gasteiger partial charge in [-0.1, -0.05) is 30.3 Å². The molecule has 0 aromatic heterocycles. The Morgan fingerprint density at radius 3 is 2.16 bits per heavy atom. The van der Waals surface area contributed by atoms with Crippen LogP contribution in [0.3, 0.4) is 0 Å². The van der Waals surface area contributed by atoms with E-state index >= 15 is 0 Å². The second-order valence-corrected chi connectivity index (χ2v) is 4.79. The van der Waals surface area contributed by atoms with E-state index < -0.39 is 23.6 Å². The van der Waals surface area contributed by atoms with Crippen LogP contribution in [0.2, 0.25) is 0 Å². The maximum Gasteiger partial charge on any atom is 0.324 e. The van der Waals surface area contributed by atoms with Crippen molar-refractivity contribution in [2.24, 2.45) is 5.92 Å². The molecule has 1 aliphatic heterocycles. The number of ketones is 1. The Labute approximate surface area is 110 Å². The van der Waals surface area contributed by atoms with E-state index in [4.69, 9.17) is 9.47 Å². The van der Waals surface area contributed by atoms with Gasteiger partial charge in [0.25, 0.3) is 5.79 Å². The summed E-state index contributed by atoms with van der Waals surface area (Å²) in [6.07, 6.45) is -0.238. The van der Waals surface area contributed by atoms with Gasteiger partial charge in [0.05, 0.1) is 0 Å². The van der Waals surface area contributed by atoms with Crippen molar-refractivity contribution >= 4 is 17.7 Å². The normalized spacial score (nSPS) is 18.6. The van der Waals surface area contributed by atoms with E-state index in [1.807, 2.05) is 0 Å². The van der Waals surface area contributed by atoms with Crippen molar-refractivity contribution in [1.29, 1.82) is 0 Å². The fraction of sp³-hybridized carbons (Fsp3) is 0.357. The molecular weight excluding hydrogens is 248 g/mol. The molecule has 0 spiro atoms. The number of carbonyl (C=O) groups is 3. The Kier molecular flexibility index (Phi) is 3.38. The zero-order valence-electron chi connectivity index (χ0n) is 10.7. The molecule has 1 aromatic carbocycles. The third-order valence-corrected chi connectivity index (χ3v) is 2.75. The lowest BCUT2D eigenvalue weighted by Crippen LogP contribution is -2.46. The van der Waals surface area contributed by atoms with Gasteiger partial charge in [0.2, 0.25) is 0 Å². The molecule has 0 atom stereocenters. The van der Waals surface area contributed by atoms with Crippen LogP contribution in [-0.4, -0.2) is 23.5 Å². The van der Waals surface area contributed by atoms with Gasteiger partial charge in [-0.2, -0.15) is 0 Å². The Bertz CT molecular complexity index is 498. The van der Waals surface area contributed by atoms with Gasteiger partial charge >= 0.3 is 11.9 Å². The van der Waals surface area contributed by atoms with E-state index in [1.165, 1.54) is 13.8 Å². The number of ether oxygens (including phenoxy) is 2. The van der Waals surface area contributed by atoms with E-state index in [1.54, 1.807) is 30.3 Å². The zero-order chi connectivity index (χ0) is 14.0. The van der Waals surface area contributed by atoms with Crippen molar-refractivity contribution in [1.82, 2.24) is 0 Å². The molecule has 1 aromatic rings. The fourth-order valence-electron chi connectivity index (χ4n) is 1.84. The van der Waals surface area contributed by atoms with Crippen molar-refractivity contribution in [2.45, 2.75) is 26.1 Å². The second-order valence-electron chi connectivity index (χ2n) is 4.79. The van der Waals surface area contributed by atoms with Gasteiger partial charge < -0.3 is 9.47 Å². The highest BCUT2D eigenvalue weighted by Gasteiger charge is 2.44. The minimum absolute atomic E-state index is 0.238. The molecule has 100 valence electrons. The first kappa shape index (κ1) is 13.3. The minimum atomic E-state index is -1.26. The molecule has 0 radical (unpaired) electrons. The van der Waals surface area contributed by atoms with E-state index in [2.05, 4.69) is 0 Å². The molecule has 1 heterocycles. The molecule has 2 rings (SSSR count).